The van der Waals surface area contributed by atoms with Crippen molar-refractivity contribution in [3.63, 3.8) is 0 Å². The van der Waals surface area contributed by atoms with Crippen molar-refractivity contribution in [2.75, 3.05) is 0 Å². The van der Waals surface area contributed by atoms with E-state index in [2.05, 4.69) is 28.3 Å². The second-order valence-corrected chi connectivity index (χ2v) is 5.50. The van der Waals surface area contributed by atoms with Crippen molar-refractivity contribution in [1.82, 2.24) is 14.6 Å². The van der Waals surface area contributed by atoms with Gasteiger partial charge in [-0.3, -0.25) is 4.79 Å². The van der Waals surface area contributed by atoms with Crippen molar-refractivity contribution in [1.29, 1.82) is 0 Å². The Balaban J connectivity index is 2.28. The molecule has 2 aromatic heterocycles. The van der Waals surface area contributed by atoms with Gasteiger partial charge in [0.1, 0.15) is 11.8 Å². The van der Waals surface area contributed by atoms with Gasteiger partial charge in [-0.25, -0.2) is 4.52 Å². The highest BCUT2D eigenvalue weighted by molar-refractivity contribution is 5.76. The number of nitrogens with zero attached hydrogens (tertiary/aromatic N) is 2. The molecule has 1 atom stereocenters. The van der Waals surface area contributed by atoms with Crippen molar-refractivity contribution in [3.05, 3.63) is 57.8 Å². The molecule has 3 N–H and O–H groups in total. The number of hydrogen-bond donors (Lipinski definition) is 2. The molecule has 1 unspecified atom stereocenters. The van der Waals surface area contributed by atoms with Crippen LogP contribution in [-0.2, 0) is 0 Å². The quantitative estimate of drug-likeness (QED) is 0.757. The van der Waals surface area contributed by atoms with Gasteiger partial charge in [0, 0.05) is 17.8 Å². The molecule has 21 heavy (non-hydrogen) atoms. The van der Waals surface area contributed by atoms with Crippen LogP contribution in [-0.4, -0.2) is 14.6 Å². The lowest BCUT2D eigenvalue weighted by Gasteiger charge is -2.10. The third kappa shape index (κ3) is 2.25. The first-order valence-electron chi connectivity index (χ1n) is 6.90. The zero-order valence-electron chi connectivity index (χ0n) is 12.3. The molecule has 0 aliphatic heterocycles. The Morgan fingerprint density at radius 1 is 1.29 bits per heavy atom. The predicted molar refractivity (Wildman–Crippen MR) is 83.3 cm³/mol. The Labute approximate surface area is 122 Å². The van der Waals surface area contributed by atoms with E-state index in [0.717, 1.165) is 27.8 Å². The fourth-order valence-electron chi connectivity index (χ4n) is 2.69. The van der Waals surface area contributed by atoms with Crippen LogP contribution in [0.25, 0.3) is 16.6 Å². The van der Waals surface area contributed by atoms with Gasteiger partial charge in [0.15, 0.2) is 0 Å². The third-order valence-electron chi connectivity index (χ3n) is 3.77. The van der Waals surface area contributed by atoms with Crippen molar-refractivity contribution in [2.24, 2.45) is 5.73 Å². The van der Waals surface area contributed by atoms with Gasteiger partial charge < -0.3 is 10.7 Å². The molecule has 108 valence electrons. The van der Waals surface area contributed by atoms with Gasteiger partial charge in [-0.1, -0.05) is 17.7 Å². The molecule has 0 saturated carbocycles. The summed E-state index contributed by atoms with van der Waals surface area (Å²) in [5, 5.41) is 4.17. The number of nitrogens with two attached hydrogens (primary N) is 1. The van der Waals surface area contributed by atoms with E-state index < -0.39 is 0 Å². The monoisotopic (exact) mass is 282 g/mol. The Morgan fingerprint density at radius 2 is 2.05 bits per heavy atom. The van der Waals surface area contributed by atoms with Crippen LogP contribution in [0.5, 0.6) is 0 Å². The van der Waals surface area contributed by atoms with E-state index in [1.54, 1.807) is 4.52 Å². The second kappa shape index (κ2) is 4.86. The first kappa shape index (κ1) is 13.6. The molecular weight excluding hydrogens is 264 g/mol. The standard InChI is InChI=1S/C16H18N4O/c1-9-4-12(11(3)17)6-13(5-9)14-7-20-15(10(14)2)16(21)18-8-19-20/h4-8,11H,17H2,1-3H3,(H,18,19,21). The molecule has 0 fully saturated rings. The number of rotatable bonds is 2. The Morgan fingerprint density at radius 3 is 2.71 bits per heavy atom. The Kier molecular flexibility index (Phi) is 3.14. The van der Waals surface area contributed by atoms with E-state index in [-0.39, 0.29) is 11.6 Å². The lowest BCUT2D eigenvalue weighted by Crippen LogP contribution is -2.10. The zero-order chi connectivity index (χ0) is 15.1. The molecule has 0 amide bonds. The minimum atomic E-state index is -0.131. The number of aryl methyl sites for hydroxylation is 2. The van der Waals surface area contributed by atoms with Gasteiger partial charge in [0.05, 0.1) is 0 Å². The topological polar surface area (TPSA) is 76.2 Å². The summed E-state index contributed by atoms with van der Waals surface area (Å²) in [5.74, 6) is 0. The lowest BCUT2D eigenvalue weighted by molar-refractivity contribution is 0.817. The van der Waals surface area contributed by atoms with Crippen molar-refractivity contribution in [3.8, 4) is 11.1 Å². The highest BCUT2D eigenvalue weighted by Crippen LogP contribution is 2.29. The van der Waals surface area contributed by atoms with E-state index in [1.165, 1.54) is 6.33 Å². The Bertz CT molecular complexity index is 874. The highest BCUT2D eigenvalue weighted by Gasteiger charge is 2.13. The molecule has 0 aliphatic carbocycles. The highest BCUT2D eigenvalue weighted by atomic mass is 16.1. The van der Waals surface area contributed by atoms with E-state index in [0.29, 0.717) is 5.52 Å². The molecule has 0 saturated heterocycles. The summed E-state index contributed by atoms with van der Waals surface area (Å²) in [4.78, 5) is 14.6. The maximum absolute atomic E-state index is 11.9. The molecule has 0 bridgehead atoms. The summed E-state index contributed by atoms with van der Waals surface area (Å²) < 4.78 is 1.62. The Hall–Kier alpha value is -2.40. The minimum absolute atomic E-state index is 0.0254. The van der Waals surface area contributed by atoms with Crippen LogP contribution < -0.4 is 11.3 Å². The fraction of sp³-hybridized carbons (Fsp3) is 0.250. The van der Waals surface area contributed by atoms with Gasteiger partial charge in [0.25, 0.3) is 5.56 Å². The van der Waals surface area contributed by atoms with Crippen LogP contribution in [0.2, 0.25) is 0 Å². The molecule has 5 nitrogen and oxygen atoms in total. The van der Waals surface area contributed by atoms with Crippen LogP contribution in [0.3, 0.4) is 0 Å². The smallest absolute Gasteiger partial charge is 0.275 e. The van der Waals surface area contributed by atoms with E-state index >= 15 is 0 Å². The van der Waals surface area contributed by atoms with Crippen LogP contribution in [0.4, 0.5) is 0 Å². The molecule has 2 heterocycles. The first-order chi connectivity index (χ1) is 9.97. The SMILES string of the molecule is Cc1cc(-c2cn3nc[nH]c(=O)c3c2C)cc(C(C)N)c1. The van der Waals surface area contributed by atoms with Crippen LogP contribution >= 0.6 is 0 Å². The summed E-state index contributed by atoms with van der Waals surface area (Å²) in [5.41, 5.74) is 11.7. The molecule has 5 heteroatoms. The van der Waals surface area contributed by atoms with Gasteiger partial charge in [0.2, 0.25) is 0 Å². The fourth-order valence-corrected chi connectivity index (χ4v) is 2.69. The first-order valence-corrected chi connectivity index (χ1v) is 6.90. The molecule has 3 rings (SSSR count). The number of aromatic amines is 1. The summed E-state index contributed by atoms with van der Waals surface area (Å²) in [6.45, 7) is 5.95. The van der Waals surface area contributed by atoms with Gasteiger partial charge in [-0.15, -0.1) is 0 Å². The van der Waals surface area contributed by atoms with Crippen LogP contribution in [0.1, 0.15) is 29.7 Å². The molecular formula is C16H18N4O. The normalized spacial score (nSPS) is 12.8. The second-order valence-electron chi connectivity index (χ2n) is 5.50. The largest absolute Gasteiger partial charge is 0.324 e. The summed E-state index contributed by atoms with van der Waals surface area (Å²) >= 11 is 0. The number of nitrogens with one attached hydrogen (secondary N) is 1. The summed E-state index contributed by atoms with van der Waals surface area (Å²) in [6, 6.07) is 6.24. The molecule has 3 aromatic rings. The van der Waals surface area contributed by atoms with Gasteiger partial charge in [-0.05, 0) is 43.5 Å². The van der Waals surface area contributed by atoms with Crippen molar-refractivity contribution >= 4 is 5.52 Å². The van der Waals surface area contributed by atoms with Crippen molar-refractivity contribution < 1.29 is 0 Å². The minimum Gasteiger partial charge on any atom is -0.324 e. The average Bonchev–Trinajstić information content (AvgIpc) is 2.77. The molecule has 0 radical (unpaired) electrons. The average molecular weight is 282 g/mol. The third-order valence-corrected chi connectivity index (χ3v) is 3.77. The zero-order valence-corrected chi connectivity index (χ0v) is 12.3. The summed E-state index contributed by atoms with van der Waals surface area (Å²) in [6.07, 6.45) is 3.29. The maximum atomic E-state index is 11.9. The van der Waals surface area contributed by atoms with Crippen molar-refractivity contribution in [2.45, 2.75) is 26.8 Å². The number of H-pyrrole nitrogens is 1. The molecule has 1 aromatic carbocycles. The maximum Gasteiger partial charge on any atom is 0.275 e. The molecule has 0 aliphatic rings. The number of benzene rings is 1. The van der Waals surface area contributed by atoms with E-state index in [9.17, 15) is 4.79 Å². The molecule has 0 spiro atoms. The van der Waals surface area contributed by atoms with Crippen LogP contribution in [0, 0.1) is 13.8 Å². The summed E-state index contributed by atoms with van der Waals surface area (Å²) in [7, 11) is 0. The van der Waals surface area contributed by atoms with Crippen LogP contribution in [0.15, 0.2) is 35.5 Å². The van der Waals surface area contributed by atoms with Gasteiger partial charge in [-0.2, -0.15) is 5.10 Å². The van der Waals surface area contributed by atoms with Gasteiger partial charge >= 0.3 is 0 Å². The lowest BCUT2D eigenvalue weighted by atomic mass is 9.97. The number of aromatic nitrogens is 3. The van der Waals surface area contributed by atoms with E-state index in [4.69, 9.17) is 5.73 Å². The number of hydrogen-bond acceptors (Lipinski definition) is 3. The van der Waals surface area contributed by atoms with E-state index in [1.807, 2.05) is 27.0 Å². The number of fused-ring (bicyclic) bond motifs is 1. The predicted octanol–water partition coefficient (Wildman–Crippen LogP) is 2.33.